The zero-order chi connectivity index (χ0) is 22.6. The van der Waals surface area contributed by atoms with E-state index < -0.39 is 5.97 Å². The van der Waals surface area contributed by atoms with Crippen LogP contribution in [0.15, 0.2) is 85.1 Å². The Morgan fingerprint density at radius 3 is 2.42 bits per heavy atom. The number of fused-ring (bicyclic) bond motifs is 3. The van der Waals surface area contributed by atoms with Crippen molar-refractivity contribution >= 4 is 39.8 Å². The molecule has 2 aromatic heterocycles. The minimum absolute atomic E-state index is 0.265. The molecule has 0 aliphatic heterocycles. The first-order valence-corrected chi connectivity index (χ1v) is 10.8. The third-order valence-corrected chi connectivity index (χ3v) is 5.68. The van der Waals surface area contributed by atoms with Crippen molar-refractivity contribution in [2.24, 2.45) is 0 Å². The molecule has 0 radical (unpaired) electrons. The van der Waals surface area contributed by atoms with E-state index in [-0.39, 0.29) is 5.56 Å². The van der Waals surface area contributed by atoms with Crippen LogP contribution in [0, 0.1) is 0 Å². The zero-order valence-corrected chi connectivity index (χ0v) is 18.0. The van der Waals surface area contributed by atoms with Gasteiger partial charge in [-0.15, -0.1) is 0 Å². The van der Waals surface area contributed by atoms with E-state index in [1.165, 1.54) is 0 Å². The van der Waals surface area contributed by atoms with Gasteiger partial charge in [0.15, 0.2) is 0 Å². The Morgan fingerprint density at radius 1 is 0.909 bits per heavy atom. The Balaban J connectivity index is 1.50. The van der Waals surface area contributed by atoms with Gasteiger partial charge < -0.3 is 15.4 Å². The molecule has 0 bridgehead atoms. The summed E-state index contributed by atoms with van der Waals surface area (Å²) < 4.78 is 0. The van der Waals surface area contributed by atoms with Gasteiger partial charge in [0.2, 0.25) is 0 Å². The number of aromatic carboxylic acids is 1. The molecule has 0 unspecified atom stereocenters. The van der Waals surface area contributed by atoms with Gasteiger partial charge in [-0.3, -0.25) is 0 Å². The van der Waals surface area contributed by atoms with Gasteiger partial charge in [-0.25, -0.2) is 9.78 Å². The lowest BCUT2D eigenvalue weighted by atomic mass is 10.0. The maximum Gasteiger partial charge on any atom is 0.338 e. The zero-order valence-electron chi connectivity index (χ0n) is 18.0. The van der Waals surface area contributed by atoms with E-state index in [4.69, 9.17) is 4.98 Å². The summed E-state index contributed by atoms with van der Waals surface area (Å²) in [7, 11) is 0. The third kappa shape index (κ3) is 4.40. The van der Waals surface area contributed by atoms with E-state index in [0.29, 0.717) is 29.7 Å². The second-order valence-corrected chi connectivity index (χ2v) is 7.92. The number of H-pyrrole nitrogens is 1. The molecule has 0 aliphatic carbocycles. The molecule has 0 saturated carbocycles. The lowest BCUT2D eigenvalue weighted by molar-refractivity contribution is 0.0697. The number of carboxylic acids is 1. The van der Waals surface area contributed by atoms with Gasteiger partial charge in [0.05, 0.1) is 16.8 Å². The number of pyridine rings is 1. The number of nitrogens with zero attached hydrogens (tertiary/aromatic N) is 1. The van der Waals surface area contributed by atoms with Crippen LogP contribution in [0.2, 0.25) is 0 Å². The minimum Gasteiger partial charge on any atom is -0.478 e. The van der Waals surface area contributed by atoms with Gasteiger partial charge >= 0.3 is 5.97 Å². The molecule has 5 nitrogen and oxygen atoms in total. The number of aromatic nitrogens is 2. The molecule has 0 amide bonds. The number of aromatic amines is 1. The topological polar surface area (TPSA) is 78.0 Å². The van der Waals surface area contributed by atoms with Gasteiger partial charge in [0.25, 0.3) is 0 Å². The molecule has 0 spiro atoms. The Hall–Kier alpha value is -4.22. The summed E-state index contributed by atoms with van der Waals surface area (Å²) >= 11 is 0. The Kier molecular flexibility index (Phi) is 5.70. The fourth-order valence-electron chi connectivity index (χ4n) is 4.06. The van der Waals surface area contributed by atoms with Crippen molar-refractivity contribution in [1.29, 1.82) is 0 Å². The molecule has 5 aromatic rings. The molecule has 3 N–H and O–H groups in total. The second-order valence-electron chi connectivity index (χ2n) is 7.92. The van der Waals surface area contributed by atoms with Gasteiger partial charge in [-0.2, -0.15) is 0 Å². The van der Waals surface area contributed by atoms with E-state index in [1.54, 1.807) is 0 Å². The van der Waals surface area contributed by atoms with Crippen LogP contribution >= 0.6 is 0 Å². The van der Waals surface area contributed by atoms with Crippen LogP contribution < -0.4 is 5.32 Å². The van der Waals surface area contributed by atoms with Crippen molar-refractivity contribution < 1.29 is 9.90 Å². The largest absolute Gasteiger partial charge is 0.478 e. The highest BCUT2D eigenvalue weighted by molar-refractivity contribution is 6.13. The SMILES string of the molecule is O=C(O)c1c(CNCc2ccccc2)nc2c1ccc1c[nH]c(C=Cc3ccccc3)cc12. The third-order valence-electron chi connectivity index (χ3n) is 5.68. The summed E-state index contributed by atoms with van der Waals surface area (Å²) in [6.07, 6.45) is 5.98. The minimum atomic E-state index is -0.958. The molecule has 0 aliphatic rings. The molecule has 5 rings (SSSR count). The van der Waals surface area contributed by atoms with Crippen molar-refractivity contribution in [2.75, 3.05) is 0 Å². The molecule has 33 heavy (non-hydrogen) atoms. The highest BCUT2D eigenvalue weighted by Crippen LogP contribution is 2.30. The predicted molar refractivity (Wildman–Crippen MR) is 133 cm³/mol. The Bertz CT molecular complexity index is 1450. The molecule has 0 fully saturated rings. The number of rotatable bonds is 7. The number of carbonyl (C=O) groups is 1. The molecule has 2 heterocycles. The molecular weight excluding hydrogens is 410 g/mol. The molecule has 0 atom stereocenters. The van der Waals surface area contributed by atoms with Crippen LogP contribution in [0.1, 0.15) is 32.9 Å². The van der Waals surface area contributed by atoms with E-state index in [9.17, 15) is 9.90 Å². The molecule has 162 valence electrons. The summed E-state index contributed by atoms with van der Waals surface area (Å²) in [5.74, 6) is -0.958. The number of hydrogen-bond donors (Lipinski definition) is 3. The average Bonchev–Trinajstić information content (AvgIpc) is 3.23. The molecular formula is C28H23N3O2. The van der Waals surface area contributed by atoms with Crippen molar-refractivity contribution in [3.05, 3.63) is 113 Å². The fourth-order valence-corrected chi connectivity index (χ4v) is 4.06. The summed E-state index contributed by atoms with van der Waals surface area (Å²) in [5.41, 5.74) is 4.70. The maximum atomic E-state index is 12.1. The maximum absolute atomic E-state index is 12.1. The average molecular weight is 434 g/mol. The summed E-state index contributed by atoms with van der Waals surface area (Å²) in [4.78, 5) is 20.2. The van der Waals surface area contributed by atoms with Gasteiger partial charge in [0, 0.05) is 35.8 Å². The van der Waals surface area contributed by atoms with Gasteiger partial charge in [0.1, 0.15) is 0 Å². The van der Waals surface area contributed by atoms with Crippen LogP contribution in [0.5, 0.6) is 0 Å². The molecule has 0 saturated heterocycles. The predicted octanol–water partition coefficient (Wildman–Crippen LogP) is 5.87. The first-order valence-electron chi connectivity index (χ1n) is 10.8. The Morgan fingerprint density at radius 2 is 1.67 bits per heavy atom. The van der Waals surface area contributed by atoms with Crippen LogP contribution in [0.4, 0.5) is 0 Å². The lowest BCUT2D eigenvalue weighted by Crippen LogP contribution is -2.15. The fraction of sp³-hybridized carbons (Fsp3) is 0.0714. The van der Waals surface area contributed by atoms with Gasteiger partial charge in [-0.1, -0.05) is 78.9 Å². The van der Waals surface area contributed by atoms with Crippen molar-refractivity contribution in [3.8, 4) is 0 Å². The summed E-state index contributed by atoms with van der Waals surface area (Å²) in [6, 6.07) is 25.9. The number of benzene rings is 3. The van der Waals surface area contributed by atoms with Crippen molar-refractivity contribution in [3.63, 3.8) is 0 Å². The quantitative estimate of drug-likeness (QED) is 0.300. The molecule has 5 heteroatoms. The Labute approximate surface area is 191 Å². The lowest BCUT2D eigenvalue weighted by Gasteiger charge is -2.04. The van der Waals surface area contributed by atoms with E-state index in [2.05, 4.69) is 10.3 Å². The van der Waals surface area contributed by atoms with E-state index in [1.807, 2.05) is 97.2 Å². The van der Waals surface area contributed by atoms with E-state index >= 15 is 0 Å². The second kappa shape index (κ2) is 9.10. The standard InChI is InChI=1S/C28H23N3O2/c32-28(33)26-23-14-12-21-17-30-22(13-11-19-7-3-1-4-8-19)15-24(21)27(23)31-25(26)18-29-16-20-9-5-2-6-10-20/h1-15,17,29-30H,16,18H2,(H,32,33). The van der Waals surface area contributed by atoms with Crippen LogP contribution in [0.3, 0.4) is 0 Å². The number of hydrogen-bond acceptors (Lipinski definition) is 3. The smallest absolute Gasteiger partial charge is 0.338 e. The monoisotopic (exact) mass is 433 g/mol. The first kappa shape index (κ1) is 20.7. The van der Waals surface area contributed by atoms with Crippen molar-refractivity contribution in [2.45, 2.75) is 13.1 Å². The van der Waals surface area contributed by atoms with Crippen molar-refractivity contribution in [1.82, 2.24) is 15.3 Å². The number of carboxylic acid groups (broad SMARTS) is 1. The first-order chi connectivity index (χ1) is 16.2. The molecule has 3 aromatic carbocycles. The van der Waals surface area contributed by atoms with Gasteiger partial charge in [-0.05, 0) is 28.7 Å². The van der Waals surface area contributed by atoms with Crippen LogP contribution in [0.25, 0.3) is 33.8 Å². The summed E-state index contributed by atoms with van der Waals surface area (Å²) in [5, 5.41) is 15.8. The number of nitrogens with one attached hydrogen (secondary N) is 2. The van der Waals surface area contributed by atoms with Crippen LogP contribution in [-0.2, 0) is 13.1 Å². The van der Waals surface area contributed by atoms with E-state index in [0.717, 1.165) is 27.6 Å². The highest BCUT2D eigenvalue weighted by Gasteiger charge is 2.20. The normalized spacial score (nSPS) is 11.5. The summed E-state index contributed by atoms with van der Waals surface area (Å²) in [6.45, 7) is 1.03. The highest BCUT2D eigenvalue weighted by atomic mass is 16.4. The van der Waals surface area contributed by atoms with Crippen LogP contribution in [-0.4, -0.2) is 21.0 Å².